The Kier molecular flexibility index (Phi) is 4.39. The van der Waals surface area contributed by atoms with Gasteiger partial charge in [-0.25, -0.2) is 4.79 Å². The van der Waals surface area contributed by atoms with Gasteiger partial charge < -0.3 is 9.84 Å². The number of anilines is 1. The third-order valence-electron chi connectivity index (χ3n) is 1.76. The SMILES string of the molecule is Cc1ccc(Cl)cc1NC(=O)OCCO. The Labute approximate surface area is 92.8 Å². The van der Waals surface area contributed by atoms with Crippen LogP contribution in [0, 0.1) is 6.92 Å². The second-order valence-corrected chi connectivity index (χ2v) is 3.38. The number of hydrogen-bond donors (Lipinski definition) is 2. The van der Waals surface area contributed by atoms with Gasteiger partial charge in [-0.3, -0.25) is 5.32 Å². The minimum atomic E-state index is -0.602. The number of aliphatic hydroxyl groups excluding tert-OH is 1. The Morgan fingerprint density at radius 3 is 3.00 bits per heavy atom. The Balaban J connectivity index is 2.63. The first-order chi connectivity index (χ1) is 7.13. The molecule has 82 valence electrons. The second-order valence-electron chi connectivity index (χ2n) is 2.94. The molecule has 5 heteroatoms. The van der Waals surface area contributed by atoms with Crippen molar-refractivity contribution in [2.45, 2.75) is 6.92 Å². The average Bonchev–Trinajstić information content (AvgIpc) is 2.20. The summed E-state index contributed by atoms with van der Waals surface area (Å²) in [6.45, 7) is 1.63. The van der Waals surface area contributed by atoms with E-state index in [1.54, 1.807) is 18.2 Å². The molecule has 1 aromatic carbocycles. The number of nitrogens with one attached hydrogen (secondary N) is 1. The van der Waals surface area contributed by atoms with E-state index in [9.17, 15) is 4.79 Å². The first-order valence-electron chi connectivity index (χ1n) is 4.44. The highest BCUT2D eigenvalue weighted by atomic mass is 35.5. The lowest BCUT2D eigenvalue weighted by atomic mass is 10.2. The highest BCUT2D eigenvalue weighted by Gasteiger charge is 2.05. The number of hydrogen-bond acceptors (Lipinski definition) is 3. The van der Waals surface area contributed by atoms with E-state index in [2.05, 4.69) is 10.1 Å². The van der Waals surface area contributed by atoms with Gasteiger partial charge in [0.05, 0.1) is 6.61 Å². The summed E-state index contributed by atoms with van der Waals surface area (Å²) in [7, 11) is 0. The van der Waals surface area contributed by atoms with Crippen LogP contribution in [0.5, 0.6) is 0 Å². The van der Waals surface area contributed by atoms with Crippen molar-refractivity contribution in [3.63, 3.8) is 0 Å². The normalized spacial score (nSPS) is 9.80. The number of ether oxygens (including phenoxy) is 1. The van der Waals surface area contributed by atoms with Gasteiger partial charge in [0.1, 0.15) is 6.61 Å². The molecule has 0 unspecified atom stereocenters. The zero-order valence-electron chi connectivity index (χ0n) is 8.29. The Morgan fingerprint density at radius 1 is 1.60 bits per heavy atom. The zero-order valence-corrected chi connectivity index (χ0v) is 9.04. The van der Waals surface area contributed by atoms with E-state index in [4.69, 9.17) is 16.7 Å². The van der Waals surface area contributed by atoms with Crippen molar-refractivity contribution in [1.82, 2.24) is 0 Å². The van der Waals surface area contributed by atoms with Crippen molar-refractivity contribution in [2.75, 3.05) is 18.5 Å². The van der Waals surface area contributed by atoms with Crippen LogP contribution >= 0.6 is 11.6 Å². The molecule has 4 nitrogen and oxygen atoms in total. The number of carbonyl (C=O) groups excluding carboxylic acids is 1. The number of halogens is 1. The summed E-state index contributed by atoms with van der Waals surface area (Å²) in [6.07, 6.45) is -0.602. The number of aliphatic hydroxyl groups is 1. The summed E-state index contributed by atoms with van der Waals surface area (Å²) < 4.78 is 4.65. The molecule has 15 heavy (non-hydrogen) atoms. The van der Waals surface area contributed by atoms with Crippen molar-refractivity contribution < 1.29 is 14.6 Å². The van der Waals surface area contributed by atoms with Crippen LogP contribution in [0.15, 0.2) is 18.2 Å². The summed E-state index contributed by atoms with van der Waals surface area (Å²) in [5, 5.41) is 11.5. The molecule has 0 aliphatic carbocycles. The average molecular weight is 230 g/mol. The maximum Gasteiger partial charge on any atom is 0.411 e. The topological polar surface area (TPSA) is 58.6 Å². The zero-order chi connectivity index (χ0) is 11.3. The highest BCUT2D eigenvalue weighted by Crippen LogP contribution is 2.20. The van der Waals surface area contributed by atoms with Gasteiger partial charge in [-0.15, -0.1) is 0 Å². The van der Waals surface area contributed by atoms with Crippen LogP contribution in [0.4, 0.5) is 10.5 Å². The monoisotopic (exact) mass is 229 g/mol. The Morgan fingerprint density at radius 2 is 2.33 bits per heavy atom. The summed E-state index contributed by atoms with van der Waals surface area (Å²) in [6, 6.07) is 5.17. The summed E-state index contributed by atoms with van der Waals surface area (Å²) in [5.74, 6) is 0. The van der Waals surface area contributed by atoms with Crippen LogP contribution in [-0.4, -0.2) is 24.4 Å². The molecule has 1 amide bonds. The third-order valence-corrected chi connectivity index (χ3v) is 2.00. The Bertz CT molecular complexity index is 355. The van der Waals surface area contributed by atoms with Gasteiger partial charge >= 0.3 is 6.09 Å². The molecule has 0 heterocycles. The Hall–Kier alpha value is -1.26. The standard InChI is InChI=1S/C10H12ClNO3/c1-7-2-3-8(11)6-9(7)12-10(14)15-5-4-13/h2-3,6,13H,4-5H2,1H3,(H,12,14). The molecule has 0 aromatic heterocycles. The molecule has 0 atom stereocenters. The molecule has 0 fully saturated rings. The summed E-state index contributed by atoms with van der Waals surface area (Å²) in [5.41, 5.74) is 1.49. The van der Waals surface area contributed by atoms with E-state index in [1.807, 2.05) is 6.92 Å². The molecule has 0 bridgehead atoms. The van der Waals surface area contributed by atoms with Gasteiger partial charge in [0.2, 0.25) is 0 Å². The molecular weight excluding hydrogens is 218 g/mol. The fourth-order valence-electron chi connectivity index (χ4n) is 1.01. The largest absolute Gasteiger partial charge is 0.447 e. The fourth-order valence-corrected chi connectivity index (χ4v) is 1.19. The van der Waals surface area contributed by atoms with Crippen molar-refractivity contribution in [1.29, 1.82) is 0 Å². The second kappa shape index (κ2) is 5.58. The molecule has 0 aliphatic rings. The number of rotatable bonds is 3. The number of aryl methyl sites for hydroxylation is 1. The van der Waals surface area contributed by atoms with Crippen LogP contribution in [0.3, 0.4) is 0 Å². The van der Waals surface area contributed by atoms with E-state index in [0.29, 0.717) is 10.7 Å². The first-order valence-corrected chi connectivity index (χ1v) is 4.82. The lowest BCUT2D eigenvalue weighted by molar-refractivity contribution is 0.131. The molecule has 0 saturated carbocycles. The van der Waals surface area contributed by atoms with Gasteiger partial charge in [-0.2, -0.15) is 0 Å². The first kappa shape index (κ1) is 11.8. The molecule has 0 radical (unpaired) electrons. The molecule has 1 aromatic rings. The van der Waals surface area contributed by atoms with Crippen LogP contribution in [0.2, 0.25) is 5.02 Å². The van der Waals surface area contributed by atoms with Gasteiger partial charge in [-0.05, 0) is 24.6 Å². The van der Waals surface area contributed by atoms with Crippen molar-refractivity contribution in [3.8, 4) is 0 Å². The van der Waals surface area contributed by atoms with Crippen molar-refractivity contribution in [3.05, 3.63) is 28.8 Å². The van der Waals surface area contributed by atoms with Gasteiger partial charge in [0.25, 0.3) is 0 Å². The van der Waals surface area contributed by atoms with Crippen molar-refractivity contribution in [2.24, 2.45) is 0 Å². The predicted molar refractivity (Wildman–Crippen MR) is 58.2 cm³/mol. The highest BCUT2D eigenvalue weighted by molar-refractivity contribution is 6.30. The lowest BCUT2D eigenvalue weighted by Gasteiger charge is -2.08. The molecule has 0 spiro atoms. The molecule has 1 rings (SSSR count). The maximum atomic E-state index is 11.1. The number of carbonyl (C=O) groups is 1. The summed E-state index contributed by atoms with van der Waals surface area (Å²) >= 11 is 5.77. The van der Waals surface area contributed by atoms with Crippen LogP contribution in [-0.2, 0) is 4.74 Å². The van der Waals surface area contributed by atoms with E-state index in [0.717, 1.165) is 5.56 Å². The van der Waals surface area contributed by atoms with Crippen LogP contribution in [0.1, 0.15) is 5.56 Å². The van der Waals surface area contributed by atoms with E-state index in [-0.39, 0.29) is 13.2 Å². The number of amides is 1. The number of benzene rings is 1. The van der Waals surface area contributed by atoms with Gasteiger partial charge in [-0.1, -0.05) is 17.7 Å². The molecule has 0 aliphatic heterocycles. The minimum Gasteiger partial charge on any atom is -0.447 e. The van der Waals surface area contributed by atoms with E-state index >= 15 is 0 Å². The third kappa shape index (κ3) is 3.77. The smallest absolute Gasteiger partial charge is 0.411 e. The van der Waals surface area contributed by atoms with E-state index < -0.39 is 6.09 Å². The molecule has 2 N–H and O–H groups in total. The maximum absolute atomic E-state index is 11.1. The van der Waals surface area contributed by atoms with Crippen molar-refractivity contribution >= 4 is 23.4 Å². The summed E-state index contributed by atoms with van der Waals surface area (Å²) in [4.78, 5) is 11.1. The minimum absolute atomic E-state index is 0.0224. The fraction of sp³-hybridized carbons (Fsp3) is 0.300. The van der Waals surface area contributed by atoms with Crippen LogP contribution in [0.25, 0.3) is 0 Å². The quantitative estimate of drug-likeness (QED) is 0.835. The molecular formula is C10H12ClNO3. The molecule has 0 saturated heterocycles. The van der Waals surface area contributed by atoms with Gasteiger partial charge in [0.15, 0.2) is 0 Å². The van der Waals surface area contributed by atoms with Crippen LogP contribution < -0.4 is 5.32 Å². The predicted octanol–water partition coefficient (Wildman–Crippen LogP) is 2.19. The van der Waals surface area contributed by atoms with E-state index in [1.165, 1.54) is 0 Å². The lowest BCUT2D eigenvalue weighted by Crippen LogP contribution is -2.16. The van der Waals surface area contributed by atoms with Gasteiger partial charge in [0, 0.05) is 10.7 Å².